The monoisotopic (exact) mass is 261 g/mol. The molecule has 2 aliphatic heterocycles. The molecule has 2 bridgehead atoms. The molecule has 2 saturated heterocycles. The van der Waals surface area contributed by atoms with Crippen molar-refractivity contribution in [2.75, 3.05) is 6.54 Å². The van der Waals surface area contributed by atoms with Crippen LogP contribution in [-0.2, 0) is 0 Å². The van der Waals surface area contributed by atoms with E-state index in [4.69, 9.17) is 0 Å². The molecule has 5 rings (SSSR count). The molecule has 2 spiro atoms. The van der Waals surface area contributed by atoms with Gasteiger partial charge in [-0.3, -0.25) is 0 Å². The number of hydrogen-bond acceptors (Lipinski definition) is 1. The van der Waals surface area contributed by atoms with Crippen molar-refractivity contribution in [3.63, 3.8) is 0 Å². The van der Waals surface area contributed by atoms with Crippen LogP contribution in [0.2, 0.25) is 0 Å². The average Bonchev–Trinajstić information content (AvgIpc) is 2.99. The van der Waals surface area contributed by atoms with Crippen LogP contribution >= 0.6 is 0 Å². The molecule has 19 heavy (non-hydrogen) atoms. The van der Waals surface area contributed by atoms with E-state index in [0.717, 1.165) is 17.4 Å². The first-order chi connectivity index (χ1) is 8.94. The van der Waals surface area contributed by atoms with E-state index < -0.39 is 0 Å². The van der Waals surface area contributed by atoms with Crippen molar-refractivity contribution in [3.8, 4) is 0 Å². The molecular weight excluding hydrogens is 230 g/mol. The van der Waals surface area contributed by atoms with Gasteiger partial charge in [0.15, 0.2) is 0 Å². The highest BCUT2D eigenvalue weighted by molar-refractivity contribution is 5.32. The highest BCUT2D eigenvalue weighted by Crippen LogP contribution is 2.86. The highest BCUT2D eigenvalue weighted by Gasteiger charge is 2.82. The molecule has 108 valence electrons. The molecule has 0 aromatic carbocycles. The third kappa shape index (κ3) is 1.27. The maximum atomic E-state index is 4.10. The van der Waals surface area contributed by atoms with Gasteiger partial charge >= 0.3 is 0 Å². The van der Waals surface area contributed by atoms with Crippen molar-refractivity contribution in [2.45, 2.75) is 78.7 Å². The molecule has 0 aromatic heterocycles. The van der Waals surface area contributed by atoms with E-state index in [1.807, 2.05) is 0 Å². The Morgan fingerprint density at radius 3 is 2.47 bits per heavy atom. The fraction of sp³-hybridized carbons (Fsp3) is 1.00. The van der Waals surface area contributed by atoms with Gasteiger partial charge in [-0.1, -0.05) is 34.1 Å². The van der Waals surface area contributed by atoms with Crippen LogP contribution in [-0.4, -0.2) is 12.6 Å². The van der Waals surface area contributed by atoms with Gasteiger partial charge in [-0.25, -0.2) is 0 Å². The van der Waals surface area contributed by atoms with Gasteiger partial charge in [0.05, 0.1) is 0 Å². The van der Waals surface area contributed by atoms with Crippen LogP contribution < -0.4 is 5.32 Å². The zero-order chi connectivity index (χ0) is 13.5. The molecule has 1 heteroatoms. The standard InChI is InChI=1S/C18H31N/c1-5-13-7-8-16(4,6-2)14-18(13)11-17(18)9-15(3,10-17)12-19-14/h13-14,19H,5-12H2,1-4H3. The van der Waals surface area contributed by atoms with Gasteiger partial charge in [-0.2, -0.15) is 0 Å². The first-order valence-corrected chi connectivity index (χ1v) is 8.67. The summed E-state index contributed by atoms with van der Waals surface area (Å²) < 4.78 is 0. The lowest BCUT2D eigenvalue weighted by molar-refractivity contribution is -0.0200. The third-order valence-corrected chi connectivity index (χ3v) is 8.06. The molecule has 5 fully saturated rings. The van der Waals surface area contributed by atoms with Gasteiger partial charge in [0.25, 0.3) is 0 Å². The Balaban J connectivity index is 1.77. The van der Waals surface area contributed by atoms with Crippen molar-refractivity contribution in [1.82, 2.24) is 5.32 Å². The van der Waals surface area contributed by atoms with Crippen molar-refractivity contribution in [1.29, 1.82) is 0 Å². The van der Waals surface area contributed by atoms with Crippen LogP contribution in [0.1, 0.15) is 72.6 Å². The first-order valence-electron chi connectivity index (χ1n) is 8.67. The van der Waals surface area contributed by atoms with E-state index in [-0.39, 0.29) is 0 Å². The lowest BCUT2D eigenvalue weighted by Gasteiger charge is -2.53. The van der Waals surface area contributed by atoms with E-state index in [9.17, 15) is 0 Å². The van der Waals surface area contributed by atoms with E-state index in [2.05, 4.69) is 33.0 Å². The number of nitrogens with one attached hydrogen (secondary N) is 1. The SMILES string of the molecule is CCC1CCC(C)(CC)C2NCC3(C)CC4(C3)CC124. The van der Waals surface area contributed by atoms with E-state index >= 15 is 0 Å². The summed E-state index contributed by atoms with van der Waals surface area (Å²) in [4.78, 5) is 0. The fourth-order valence-corrected chi connectivity index (χ4v) is 7.15. The Labute approximate surface area is 118 Å². The summed E-state index contributed by atoms with van der Waals surface area (Å²) in [6.07, 6.45) is 10.3. The van der Waals surface area contributed by atoms with Gasteiger partial charge in [-0.15, -0.1) is 0 Å². The molecule has 4 unspecified atom stereocenters. The largest absolute Gasteiger partial charge is 0.312 e. The lowest BCUT2D eigenvalue weighted by Crippen LogP contribution is -2.55. The second-order valence-corrected chi connectivity index (χ2v) is 9.13. The Hall–Kier alpha value is -0.0400. The maximum absolute atomic E-state index is 4.10. The predicted molar refractivity (Wildman–Crippen MR) is 80.0 cm³/mol. The van der Waals surface area contributed by atoms with Gasteiger partial charge in [0.1, 0.15) is 0 Å². The molecule has 4 atom stereocenters. The Kier molecular flexibility index (Phi) is 2.27. The van der Waals surface area contributed by atoms with E-state index in [1.165, 1.54) is 45.1 Å². The van der Waals surface area contributed by atoms with Crippen LogP contribution in [0.3, 0.4) is 0 Å². The topological polar surface area (TPSA) is 12.0 Å². The molecular formula is C18H31N. The Bertz CT molecular complexity index is 408. The molecule has 0 aromatic rings. The highest BCUT2D eigenvalue weighted by atomic mass is 15.1. The molecule has 1 nitrogen and oxygen atoms in total. The zero-order valence-electron chi connectivity index (χ0n) is 13.3. The summed E-state index contributed by atoms with van der Waals surface area (Å²) in [5.41, 5.74) is 2.66. The number of hydrogen-bond donors (Lipinski definition) is 1. The van der Waals surface area contributed by atoms with Crippen LogP contribution in [0.5, 0.6) is 0 Å². The lowest BCUT2D eigenvalue weighted by atomic mass is 9.52. The summed E-state index contributed by atoms with van der Waals surface area (Å²) in [5.74, 6) is 1.01. The second kappa shape index (κ2) is 3.40. The number of fused-ring (bicyclic) bond motifs is 1. The van der Waals surface area contributed by atoms with Gasteiger partial charge < -0.3 is 5.32 Å². The average molecular weight is 261 g/mol. The van der Waals surface area contributed by atoms with Gasteiger partial charge in [-0.05, 0) is 66.1 Å². The van der Waals surface area contributed by atoms with Gasteiger partial charge in [0.2, 0.25) is 0 Å². The third-order valence-electron chi connectivity index (χ3n) is 8.06. The smallest absolute Gasteiger partial charge is 0.0186 e. The van der Waals surface area contributed by atoms with Crippen molar-refractivity contribution >= 4 is 0 Å². The quantitative estimate of drug-likeness (QED) is 0.778. The Morgan fingerprint density at radius 1 is 1.11 bits per heavy atom. The van der Waals surface area contributed by atoms with Gasteiger partial charge in [0, 0.05) is 12.6 Å². The fourth-order valence-electron chi connectivity index (χ4n) is 7.15. The minimum Gasteiger partial charge on any atom is -0.312 e. The van der Waals surface area contributed by atoms with Crippen molar-refractivity contribution < 1.29 is 0 Å². The summed E-state index contributed by atoms with van der Waals surface area (Å²) in [5, 5.41) is 4.10. The minimum atomic E-state index is 0.559. The summed E-state index contributed by atoms with van der Waals surface area (Å²) in [7, 11) is 0. The molecule has 0 amide bonds. The molecule has 1 N–H and O–H groups in total. The Morgan fingerprint density at radius 2 is 1.84 bits per heavy atom. The van der Waals surface area contributed by atoms with Crippen LogP contribution in [0, 0.1) is 27.6 Å². The maximum Gasteiger partial charge on any atom is 0.0186 e. The summed E-state index contributed by atoms with van der Waals surface area (Å²) in [6, 6.07) is 0.813. The first kappa shape index (κ1) is 12.7. The van der Waals surface area contributed by atoms with Crippen molar-refractivity contribution in [2.24, 2.45) is 27.6 Å². The second-order valence-electron chi connectivity index (χ2n) is 9.13. The molecule has 5 aliphatic rings. The van der Waals surface area contributed by atoms with Crippen LogP contribution in [0.4, 0.5) is 0 Å². The van der Waals surface area contributed by atoms with E-state index in [0.29, 0.717) is 16.2 Å². The minimum absolute atomic E-state index is 0.559. The predicted octanol–water partition coefficient (Wildman–Crippen LogP) is 4.37. The molecule has 3 aliphatic carbocycles. The molecule has 3 saturated carbocycles. The zero-order valence-corrected chi connectivity index (χ0v) is 13.3. The number of rotatable bonds is 2. The van der Waals surface area contributed by atoms with Crippen LogP contribution in [0.25, 0.3) is 0 Å². The van der Waals surface area contributed by atoms with Crippen LogP contribution in [0.15, 0.2) is 0 Å². The molecule has 2 heterocycles. The normalized spacial score (nSPS) is 62.5. The molecule has 0 radical (unpaired) electrons. The van der Waals surface area contributed by atoms with E-state index in [1.54, 1.807) is 6.42 Å². The van der Waals surface area contributed by atoms with Crippen molar-refractivity contribution in [3.05, 3.63) is 0 Å². The summed E-state index contributed by atoms with van der Waals surface area (Å²) >= 11 is 0. The summed E-state index contributed by atoms with van der Waals surface area (Å²) in [6.45, 7) is 11.3.